The first-order valence-corrected chi connectivity index (χ1v) is 6.74. The number of nitrogens with one attached hydrogen (secondary N) is 1. The minimum Gasteiger partial charge on any atom is -0.384 e. The van der Waals surface area contributed by atoms with Crippen LogP contribution in [0.5, 0.6) is 0 Å². The fourth-order valence-corrected chi connectivity index (χ4v) is 2.12. The molecule has 0 aliphatic carbocycles. The summed E-state index contributed by atoms with van der Waals surface area (Å²) in [5.41, 5.74) is 9.85. The second kappa shape index (κ2) is 5.63. The number of benzene rings is 2. The number of aromatic nitrogens is 2. The van der Waals surface area contributed by atoms with Crippen LogP contribution in [0.2, 0.25) is 0 Å². The number of aryl methyl sites for hydroxylation is 1. The molecule has 3 N–H and O–H groups in total. The molecule has 0 aliphatic rings. The highest BCUT2D eigenvalue weighted by atomic mass is 15.1. The predicted octanol–water partition coefficient (Wildman–Crippen LogP) is 3.78. The Balaban J connectivity index is 1.97. The van der Waals surface area contributed by atoms with Gasteiger partial charge in [-0.1, -0.05) is 42.0 Å². The lowest BCUT2D eigenvalue weighted by atomic mass is 10.1. The first-order valence-electron chi connectivity index (χ1n) is 6.74. The fraction of sp³-hybridized carbons (Fsp3) is 0.0588. The van der Waals surface area contributed by atoms with E-state index in [0.717, 1.165) is 16.9 Å². The van der Waals surface area contributed by atoms with E-state index in [0.29, 0.717) is 11.8 Å². The van der Waals surface area contributed by atoms with Gasteiger partial charge < -0.3 is 11.1 Å². The summed E-state index contributed by atoms with van der Waals surface area (Å²) < 4.78 is 0. The summed E-state index contributed by atoms with van der Waals surface area (Å²) in [7, 11) is 0. The van der Waals surface area contributed by atoms with Gasteiger partial charge in [0.15, 0.2) is 0 Å². The van der Waals surface area contributed by atoms with Gasteiger partial charge in [-0.05, 0) is 25.1 Å². The average Bonchev–Trinajstić information content (AvgIpc) is 2.48. The molecule has 104 valence electrons. The Bertz CT molecular complexity index is 754. The number of anilines is 3. The van der Waals surface area contributed by atoms with Crippen molar-refractivity contribution in [1.82, 2.24) is 9.97 Å². The highest BCUT2D eigenvalue weighted by Crippen LogP contribution is 2.22. The van der Waals surface area contributed by atoms with Gasteiger partial charge in [-0.2, -0.15) is 4.98 Å². The second-order valence-electron chi connectivity index (χ2n) is 4.86. The van der Waals surface area contributed by atoms with Crippen molar-refractivity contribution in [3.8, 4) is 11.3 Å². The van der Waals surface area contributed by atoms with Gasteiger partial charge in [0.1, 0.15) is 5.82 Å². The van der Waals surface area contributed by atoms with Crippen molar-refractivity contribution in [3.05, 3.63) is 66.2 Å². The number of hydrogen-bond acceptors (Lipinski definition) is 4. The van der Waals surface area contributed by atoms with Crippen molar-refractivity contribution in [3.63, 3.8) is 0 Å². The molecule has 0 radical (unpaired) electrons. The van der Waals surface area contributed by atoms with E-state index in [-0.39, 0.29) is 0 Å². The molecule has 0 spiro atoms. The van der Waals surface area contributed by atoms with Crippen molar-refractivity contribution in [1.29, 1.82) is 0 Å². The van der Waals surface area contributed by atoms with Crippen LogP contribution in [0.3, 0.4) is 0 Å². The van der Waals surface area contributed by atoms with Crippen LogP contribution >= 0.6 is 0 Å². The summed E-state index contributed by atoms with van der Waals surface area (Å²) in [5, 5.41) is 3.17. The van der Waals surface area contributed by atoms with Gasteiger partial charge in [-0.25, -0.2) is 4.98 Å². The van der Waals surface area contributed by atoms with Crippen LogP contribution in [0.25, 0.3) is 11.3 Å². The first-order chi connectivity index (χ1) is 10.2. The molecule has 0 saturated carbocycles. The number of nitrogens with two attached hydrogens (primary N) is 1. The minimum absolute atomic E-state index is 0.444. The van der Waals surface area contributed by atoms with Crippen LogP contribution < -0.4 is 11.1 Å². The topological polar surface area (TPSA) is 63.8 Å². The maximum Gasteiger partial charge on any atom is 0.229 e. The molecule has 3 aromatic rings. The standard InChI is InChI=1S/C17H16N4/c1-12-6-5-7-13(10-12)15-11-16(18)21-17(20-15)19-14-8-3-2-4-9-14/h2-11H,1H3,(H3,18,19,20,21). The van der Waals surface area contributed by atoms with Crippen LogP contribution in [0.1, 0.15) is 5.56 Å². The van der Waals surface area contributed by atoms with Gasteiger partial charge in [0, 0.05) is 17.3 Å². The molecule has 0 bridgehead atoms. The third-order valence-corrected chi connectivity index (χ3v) is 3.09. The molecule has 0 atom stereocenters. The number of para-hydroxylation sites is 1. The van der Waals surface area contributed by atoms with Crippen molar-refractivity contribution >= 4 is 17.5 Å². The smallest absolute Gasteiger partial charge is 0.229 e. The van der Waals surface area contributed by atoms with Crippen LogP contribution in [0.15, 0.2) is 60.7 Å². The third kappa shape index (κ3) is 3.17. The fourth-order valence-electron chi connectivity index (χ4n) is 2.12. The van der Waals surface area contributed by atoms with Crippen molar-refractivity contribution < 1.29 is 0 Å². The highest BCUT2D eigenvalue weighted by molar-refractivity contribution is 5.65. The number of rotatable bonds is 3. The number of nitrogens with zero attached hydrogens (tertiary/aromatic N) is 2. The zero-order valence-electron chi connectivity index (χ0n) is 11.7. The molecule has 4 nitrogen and oxygen atoms in total. The summed E-state index contributed by atoms with van der Waals surface area (Å²) in [6, 6.07) is 19.7. The van der Waals surface area contributed by atoms with Gasteiger partial charge in [0.25, 0.3) is 0 Å². The van der Waals surface area contributed by atoms with Crippen LogP contribution in [0.4, 0.5) is 17.5 Å². The lowest BCUT2D eigenvalue weighted by molar-refractivity contribution is 1.18. The molecule has 4 heteroatoms. The molecule has 0 amide bonds. The van der Waals surface area contributed by atoms with Crippen molar-refractivity contribution in [2.24, 2.45) is 0 Å². The van der Waals surface area contributed by atoms with Crippen molar-refractivity contribution in [2.45, 2.75) is 6.92 Å². The van der Waals surface area contributed by atoms with E-state index in [2.05, 4.69) is 34.3 Å². The first kappa shape index (κ1) is 13.1. The molecule has 1 aromatic heterocycles. The Hall–Kier alpha value is -2.88. The van der Waals surface area contributed by atoms with Gasteiger partial charge in [-0.15, -0.1) is 0 Å². The van der Waals surface area contributed by atoms with Gasteiger partial charge in [0.05, 0.1) is 5.69 Å². The summed E-state index contributed by atoms with van der Waals surface area (Å²) in [5.74, 6) is 0.942. The Morgan fingerprint density at radius 3 is 2.48 bits per heavy atom. The third-order valence-electron chi connectivity index (χ3n) is 3.09. The Morgan fingerprint density at radius 1 is 0.905 bits per heavy atom. The Morgan fingerprint density at radius 2 is 1.71 bits per heavy atom. The van der Waals surface area contributed by atoms with E-state index in [9.17, 15) is 0 Å². The molecule has 2 aromatic carbocycles. The van der Waals surface area contributed by atoms with E-state index in [1.165, 1.54) is 5.56 Å². The SMILES string of the molecule is Cc1cccc(-c2cc(N)nc(Nc3ccccc3)n2)c1. The Kier molecular flexibility index (Phi) is 3.51. The molecule has 3 rings (SSSR count). The number of hydrogen-bond donors (Lipinski definition) is 2. The largest absolute Gasteiger partial charge is 0.384 e. The van der Waals surface area contributed by atoms with Gasteiger partial charge >= 0.3 is 0 Å². The average molecular weight is 276 g/mol. The molecule has 1 heterocycles. The summed E-state index contributed by atoms with van der Waals surface area (Å²) in [6.45, 7) is 2.05. The monoisotopic (exact) mass is 276 g/mol. The molecule has 0 unspecified atom stereocenters. The second-order valence-corrected chi connectivity index (χ2v) is 4.86. The molecular weight excluding hydrogens is 260 g/mol. The van der Waals surface area contributed by atoms with E-state index in [1.807, 2.05) is 42.5 Å². The van der Waals surface area contributed by atoms with E-state index in [1.54, 1.807) is 6.07 Å². The normalized spacial score (nSPS) is 10.3. The quantitative estimate of drug-likeness (QED) is 0.764. The summed E-state index contributed by atoms with van der Waals surface area (Å²) in [4.78, 5) is 8.77. The van der Waals surface area contributed by atoms with Crippen LogP contribution in [0, 0.1) is 6.92 Å². The zero-order chi connectivity index (χ0) is 14.7. The van der Waals surface area contributed by atoms with E-state index < -0.39 is 0 Å². The lowest BCUT2D eigenvalue weighted by Crippen LogP contribution is -2.01. The minimum atomic E-state index is 0.444. The van der Waals surface area contributed by atoms with Crippen LogP contribution in [-0.2, 0) is 0 Å². The maximum atomic E-state index is 5.90. The van der Waals surface area contributed by atoms with Crippen molar-refractivity contribution in [2.75, 3.05) is 11.1 Å². The summed E-state index contributed by atoms with van der Waals surface area (Å²) >= 11 is 0. The highest BCUT2D eigenvalue weighted by Gasteiger charge is 2.05. The molecule has 21 heavy (non-hydrogen) atoms. The molecule has 0 aliphatic heterocycles. The lowest BCUT2D eigenvalue weighted by Gasteiger charge is -2.08. The predicted molar refractivity (Wildman–Crippen MR) is 86.3 cm³/mol. The van der Waals surface area contributed by atoms with Crippen LogP contribution in [-0.4, -0.2) is 9.97 Å². The van der Waals surface area contributed by atoms with Gasteiger partial charge in [-0.3, -0.25) is 0 Å². The zero-order valence-corrected chi connectivity index (χ0v) is 11.7. The van der Waals surface area contributed by atoms with E-state index >= 15 is 0 Å². The maximum absolute atomic E-state index is 5.90. The molecular formula is C17H16N4. The molecule has 0 saturated heterocycles. The Labute approximate surface area is 123 Å². The molecule has 0 fully saturated rings. The number of nitrogen functional groups attached to an aromatic ring is 1. The van der Waals surface area contributed by atoms with E-state index in [4.69, 9.17) is 5.73 Å². The van der Waals surface area contributed by atoms with Gasteiger partial charge in [0.2, 0.25) is 5.95 Å². The summed E-state index contributed by atoms with van der Waals surface area (Å²) in [6.07, 6.45) is 0.